The van der Waals surface area contributed by atoms with E-state index in [0.29, 0.717) is 5.69 Å². The summed E-state index contributed by atoms with van der Waals surface area (Å²) in [7, 11) is 0. The predicted molar refractivity (Wildman–Crippen MR) is 65.6 cm³/mol. The van der Waals surface area contributed by atoms with Crippen LogP contribution in [0.15, 0.2) is 18.2 Å². The van der Waals surface area contributed by atoms with Crippen LogP contribution in [-0.4, -0.2) is 0 Å². The van der Waals surface area contributed by atoms with Gasteiger partial charge in [0.05, 0.1) is 5.69 Å². The third-order valence-corrected chi connectivity index (χ3v) is 2.65. The largest absolute Gasteiger partial charge is 0.151 e. The molecule has 15 heavy (non-hydrogen) atoms. The van der Waals surface area contributed by atoms with Crippen molar-refractivity contribution in [3.8, 4) is 0 Å². The van der Waals surface area contributed by atoms with Crippen LogP contribution in [0.2, 0.25) is 0 Å². The molecule has 1 rings (SSSR count). The van der Waals surface area contributed by atoms with Gasteiger partial charge in [-0.25, -0.2) is 0 Å². The smallest absolute Gasteiger partial charge is 0.0862 e. The minimum Gasteiger partial charge on any atom is -0.151 e. The Balaban J connectivity index is 3.30. The normalized spacial score (nSPS) is 12.9. The quantitative estimate of drug-likeness (QED) is 0.608. The van der Waals surface area contributed by atoms with E-state index >= 15 is 0 Å². The minimum absolute atomic E-state index is 0.0821. The van der Waals surface area contributed by atoms with Crippen molar-refractivity contribution in [3.63, 3.8) is 0 Å². The van der Waals surface area contributed by atoms with Crippen LogP contribution in [0.4, 0.5) is 5.69 Å². The highest BCUT2D eigenvalue weighted by molar-refractivity contribution is 5.46. The number of rotatable bonds is 0. The molecular formula is C14H21N. The molecule has 0 saturated carbocycles. The minimum atomic E-state index is 0.0821. The Morgan fingerprint density at radius 3 is 1.33 bits per heavy atom. The fourth-order valence-electron chi connectivity index (χ4n) is 1.48. The van der Waals surface area contributed by atoms with Gasteiger partial charge in [0.1, 0.15) is 0 Å². The topological polar surface area (TPSA) is 22.3 Å². The maximum absolute atomic E-state index is 9.72. The van der Waals surface area contributed by atoms with Crippen molar-refractivity contribution in [2.24, 2.45) is 0 Å². The van der Waals surface area contributed by atoms with Crippen LogP contribution in [0.1, 0.15) is 52.7 Å². The fourth-order valence-corrected chi connectivity index (χ4v) is 1.48. The van der Waals surface area contributed by atoms with E-state index in [4.69, 9.17) is 0 Å². The van der Waals surface area contributed by atoms with Crippen molar-refractivity contribution in [2.45, 2.75) is 52.4 Å². The van der Waals surface area contributed by atoms with Crippen molar-refractivity contribution in [2.75, 3.05) is 0 Å². The molecule has 0 saturated heterocycles. The van der Waals surface area contributed by atoms with Gasteiger partial charge in [0.15, 0.2) is 0 Å². The van der Waals surface area contributed by atoms with Crippen LogP contribution in [0.25, 0.3) is 0 Å². The monoisotopic (exact) mass is 203 g/mol. The van der Waals surface area contributed by atoms with E-state index in [1.54, 1.807) is 0 Å². The summed E-state index contributed by atoms with van der Waals surface area (Å²) >= 11 is 0. The molecule has 0 heterocycles. The molecule has 0 amide bonds. The predicted octanol–water partition coefficient (Wildman–Crippen LogP) is 3.98. The molecule has 0 unspecified atom stereocenters. The molecule has 0 N–H and O–H groups in total. The first-order valence-electron chi connectivity index (χ1n) is 5.46. The van der Waals surface area contributed by atoms with Gasteiger partial charge in [-0.2, -0.15) is 5.73 Å². The Morgan fingerprint density at radius 1 is 0.733 bits per heavy atom. The second kappa shape index (κ2) is 3.55. The maximum Gasteiger partial charge on any atom is 0.0862 e. The Morgan fingerprint density at radius 2 is 1.07 bits per heavy atom. The molecule has 0 spiro atoms. The van der Waals surface area contributed by atoms with Crippen LogP contribution < -0.4 is 5.73 Å². The lowest BCUT2D eigenvalue weighted by atomic mass is 9.80. The SMILES string of the molecule is CC(C)(C)c1cc([N])cc(C(C)(C)C)c1. The molecule has 0 bridgehead atoms. The molecule has 0 fully saturated rings. The van der Waals surface area contributed by atoms with Gasteiger partial charge in [0.2, 0.25) is 0 Å². The Hall–Kier alpha value is -0.980. The van der Waals surface area contributed by atoms with E-state index in [1.165, 1.54) is 11.1 Å². The first-order valence-corrected chi connectivity index (χ1v) is 5.46. The molecule has 0 aliphatic heterocycles. The van der Waals surface area contributed by atoms with Gasteiger partial charge in [0.25, 0.3) is 0 Å². The molecule has 0 aromatic heterocycles. The van der Waals surface area contributed by atoms with E-state index in [2.05, 4.69) is 47.6 Å². The zero-order chi connectivity index (χ0) is 11.9. The fraction of sp³-hybridized carbons (Fsp3) is 0.571. The molecule has 1 heteroatoms. The molecule has 1 nitrogen and oxygen atoms in total. The van der Waals surface area contributed by atoms with Crippen molar-refractivity contribution in [1.29, 1.82) is 0 Å². The summed E-state index contributed by atoms with van der Waals surface area (Å²) in [5.74, 6) is 0. The van der Waals surface area contributed by atoms with E-state index in [1.807, 2.05) is 12.1 Å². The molecule has 1 aromatic carbocycles. The van der Waals surface area contributed by atoms with Crippen LogP contribution in [0.5, 0.6) is 0 Å². The second-order valence-corrected chi connectivity index (χ2v) is 6.27. The lowest BCUT2D eigenvalue weighted by molar-refractivity contribution is 0.568. The third-order valence-electron chi connectivity index (χ3n) is 2.65. The Labute approximate surface area is 93.7 Å². The lowest BCUT2D eigenvalue weighted by Gasteiger charge is -2.25. The highest BCUT2D eigenvalue weighted by Gasteiger charge is 2.20. The first kappa shape index (κ1) is 12.1. The lowest BCUT2D eigenvalue weighted by Crippen LogP contribution is -2.16. The zero-order valence-electron chi connectivity index (χ0n) is 10.7. The summed E-state index contributed by atoms with van der Waals surface area (Å²) in [5.41, 5.74) is 12.6. The first-order chi connectivity index (χ1) is 6.60. The average Bonchev–Trinajstić information content (AvgIpc) is 1.99. The molecular weight excluding hydrogens is 182 g/mol. The Kier molecular flexibility index (Phi) is 2.86. The van der Waals surface area contributed by atoms with Gasteiger partial charge >= 0.3 is 0 Å². The van der Waals surface area contributed by atoms with Crippen molar-refractivity contribution < 1.29 is 0 Å². The molecule has 1 aromatic rings. The van der Waals surface area contributed by atoms with E-state index < -0.39 is 0 Å². The summed E-state index contributed by atoms with van der Waals surface area (Å²) in [6.45, 7) is 13.0. The summed E-state index contributed by atoms with van der Waals surface area (Å²) in [6.07, 6.45) is 0. The van der Waals surface area contributed by atoms with Crippen molar-refractivity contribution >= 4 is 5.69 Å². The highest BCUT2D eigenvalue weighted by Crippen LogP contribution is 2.31. The number of hydrogen-bond donors (Lipinski definition) is 0. The zero-order valence-corrected chi connectivity index (χ0v) is 10.7. The summed E-state index contributed by atoms with van der Waals surface area (Å²) in [5, 5.41) is 0. The van der Waals surface area contributed by atoms with Crippen LogP contribution in [-0.2, 0) is 10.8 Å². The summed E-state index contributed by atoms with van der Waals surface area (Å²) < 4.78 is 0. The number of hydrogen-bond acceptors (Lipinski definition) is 0. The summed E-state index contributed by atoms with van der Waals surface area (Å²) in [4.78, 5) is 0. The van der Waals surface area contributed by atoms with Crippen molar-refractivity contribution in [3.05, 3.63) is 29.3 Å². The number of benzene rings is 1. The molecule has 2 radical (unpaired) electrons. The van der Waals surface area contributed by atoms with E-state index in [9.17, 15) is 5.73 Å². The average molecular weight is 203 g/mol. The Bertz CT molecular complexity index is 318. The van der Waals surface area contributed by atoms with E-state index in [-0.39, 0.29) is 10.8 Å². The van der Waals surface area contributed by atoms with Crippen LogP contribution in [0.3, 0.4) is 0 Å². The van der Waals surface area contributed by atoms with Gasteiger partial charge < -0.3 is 0 Å². The van der Waals surface area contributed by atoms with Crippen LogP contribution in [0, 0.1) is 0 Å². The van der Waals surface area contributed by atoms with Crippen molar-refractivity contribution in [1.82, 2.24) is 5.73 Å². The van der Waals surface area contributed by atoms with Gasteiger partial charge in [-0.15, -0.1) is 0 Å². The number of nitrogens with zero attached hydrogens (tertiary/aromatic N) is 1. The maximum atomic E-state index is 9.72. The van der Waals surface area contributed by atoms with Gasteiger partial charge in [0, 0.05) is 0 Å². The second-order valence-electron chi connectivity index (χ2n) is 6.27. The van der Waals surface area contributed by atoms with E-state index in [0.717, 1.165) is 0 Å². The molecule has 0 aliphatic carbocycles. The van der Waals surface area contributed by atoms with Gasteiger partial charge in [-0.1, -0.05) is 47.6 Å². The molecule has 0 atom stereocenters. The highest BCUT2D eigenvalue weighted by atomic mass is 14.5. The molecule has 0 aliphatic rings. The standard InChI is InChI=1S/C14H21N/c1-13(2,3)10-7-11(14(4,5)6)9-12(15)8-10/h7-9H,1-6H3. The van der Waals surface area contributed by atoms with Gasteiger partial charge in [-0.3, -0.25) is 0 Å². The van der Waals surface area contributed by atoms with Crippen LogP contribution >= 0.6 is 0 Å². The summed E-state index contributed by atoms with van der Waals surface area (Å²) in [6, 6.07) is 5.91. The molecule has 82 valence electrons. The third kappa shape index (κ3) is 2.98. The van der Waals surface area contributed by atoms with Gasteiger partial charge in [-0.05, 0) is 34.1 Å².